The summed E-state index contributed by atoms with van der Waals surface area (Å²) in [5, 5.41) is 0. The summed E-state index contributed by atoms with van der Waals surface area (Å²) in [6, 6.07) is 0. The Balaban J connectivity index is 2.78. The van der Waals surface area contributed by atoms with E-state index in [-0.39, 0.29) is 0 Å². The molecule has 0 aromatic heterocycles. The van der Waals surface area contributed by atoms with E-state index in [1.165, 1.54) is 0 Å². The van der Waals surface area contributed by atoms with Gasteiger partial charge in [-0.3, -0.25) is 0 Å². The monoisotopic (exact) mass is 277 g/mol. The Labute approximate surface area is 111 Å². The zero-order valence-corrected chi connectivity index (χ0v) is 12.6. The molecule has 0 saturated heterocycles. The van der Waals surface area contributed by atoms with Crippen molar-refractivity contribution in [3.8, 4) is 0 Å². The van der Waals surface area contributed by atoms with Crippen LogP contribution in [0.3, 0.4) is 0 Å². The maximum absolute atomic E-state index is 12.1. The first-order chi connectivity index (χ1) is 8.18. The van der Waals surface area contributed by atoms with Crippen LogP contribution >= 0.6 is 0 Å². The van der Waals surface area contributed by atoms with Gasteiger partial charge in [0.2, 0.25) is 0 Å². The van der Waals surface area contributed by atoms with E-state index in [2.05, 4.69) is 9.44 Å². The van der Waals surface area contributed by atoms with Crippen molar-refractivity contribution >= 4 is 10.2 Å². The van der Waals surface area contributed by atoms with Crippen molar-refractivity contribution in [1.29, 1.82) is 0 Å². The van der Waals surface area contributed by atoms with E-state index in [4.69, 9.17) is 5.73 Å². The van der Waals surface area contributed by atoms with Gasteiger partial charge in [-0.05, 0) is 33.6 Å². The standard InChI is InChI=1S/C12H27N3O2S/c1-11(2,3)14-18(16,17)15-12(10-13)8-6-4-5-7-9-12/h14-15H,4-10,13H2,1-3H3. The van der Waals surface area contributed by atoms with Crippen molar-refractivity contribution in [2.75, 3.05) is 6.54 Å². The average molecular weight is 277 g/mol. The lowest BCUT2D eigenvalue weighted by molar-refractivity contribution is 0.337. The summed E-state index contributed by atoms with van der Waals surface area (Å²) < 4.78 is 29.6. The molecule has 1 aliphatic rings. The maximum atomic E-state index is 12.1. The van der Waals surface area contributed by atoms with E-state index in [0.29, 0.717) is 6.54 Å². The normalized spacial score (nSPS) is 21.6. The lowest BCUT2D eigenvalue weighted by Crippen LogP contribution is -2.58. The molecule has 108 valence electrons. The van der Waals surface area contributed by atoms with Crippen LogP contribution in [0.4, 0.5) is 0 Å². The fourth-order valence-corrected chi connectivity index (χ4v) is 4.18. The SMILES string of the molecule is CC(C)(C)NS(=O)(=O)NC1(CN)CCCCCC1. The summed E-state index contributed by atoms with van der Waals surface area (Å²) in [5.74, 6) is 0. The molecule has 18 heavy (non-hydrogen) atoms. The average Bonchev–Trinajstić information content (AvgIpc) is 2.39. The van der Waals surface area contributed by atoms with Gasteiger partial charge in [0.15, 0.2) is 0 Å². The van der Waals surface area contributed by atoms with Crippen LogP contribution in [0.2, 0.25) is 0 Å². The minimum Gasteiger partial charge on any atom is -0.329 e. The molecule has 0 amide bonds. The summed E-state index contributed by atoms with van der Waals surface area (Å²) in [5.41, 5.74) is 4.88. The first-order valence-corrected chi connectivity index (χ1v) is 8.19. The van der Waals surface area contributed by atoms with Gasteiger partial charge in [-0.25, -0.2) is 0 Å². The summed E-state index contributed by atoms with van der Waals surface area (Å²) in [4.78, 5) is 0. The number of hydrogen-bond donors (Lipinski definition) is 3. The van der Waals surface area contributed by atoms with Crippen molar-refractivity contribution < 1.29 is 8.42 Å². The van der Waals surface area contributed by atoms with E-state index in [1.54, 1.807) is 0 Å². The van der Waals surface area contributed by atoms with Crippen molar-refractivity contribution in [2.45, 2.75) is 70.4 Å². The minimum absolute atomic E-state index is 0.359. The van der Waals surface area contributed by atoms with Gasteiger partial charge >= 0.3 is 0 Å². The highest BCUT2D eigenvalue weighted by atomic mass is 32.2. The molecular formula is C12H27N3O2S. The van der Waals surface area contributed by atoms with Crippen LogP contribution in [-0.4, -0.2) is 26.0 Å². The quantitative estimate of drug-likeness (QED) is 0.676. The third-order valence-electron chi connectivity index (χ3n) is 3.24. The van der Waals surface area contributed by atoms with Gasteiger partial charge < -0.3 is 5.73 Å². The van der Waals surface area contributed by atoms with Gasteiger partial charge in [0.1, 0.15) is 0 Å². The topological polar surface area (TPSA) is 84.2 Å². The molecule has 0 atom stereocenters. The molecule has 5 nitrogen and oxygen atoms in total. The Morgan fingerprint density at radius 2 is 1.61 bits per heavy atom. The number of nitrogens with one attached hydrogen (secondary N) is 2. The van der Waals surface area contributed by atoms with Crippen molar-refractivity contribution in [1.82, 2.24) is 9.44 Å². The number of hydrogen-bond acceptors (Lipinski definition) is 3. The summed E-state index contributed by atoms with van der Waals surface area (Å²) in [6.45, 7) is 5.84. The van der Waals surface area contributed by atoms with E-state index < -0.39 is 21.3 Å². The van der Waals surface area contributed by atoms with E-state index in [1.807, 2.05) is 20.8 Å². The van der Waals surface area contributed by atoms with Gasteiger partial charge in [0.05, 0.1) is 0 Å². The zero-order valence-electron chi connectivity index (χ0n) is 11.8. The molecule has 1 saturated carbocycles. The number of rotatable bonds is 4. The van der Waals surface area contributed by atoms with Gasteiger partial charge in [-0.15, -0.1) is 0 Å². The predicted molar refractivity (Wildman–Crippen MR) is 74.4 cm³/mol. The Morgan fingerprint density at radius 1 is 1.11 bits per heavy atom. The van der Waals surface area contributed by atoms with Gasteiger partial charge in [0, 0.05) is 17.6 Å². The highest BCUT2D eigenvalue weighted by Gasteiger charge is 2.34. The van der Waals surface area contributed by atoms with E-state index >= 15 is 0 Å². The first kappa shape index (κ1) is 15.9. The molecule has 1 aliphatic carbocycles. The van der Waals surface area contributed by atoms with E-state index in [9.17, 15) is 8.42 Å². The Bertz CT molecular complexity index is 352. The second-order valence-electron chi connectivity index (χ2n) is 6.36. The highest BCUT2D eigenvalue weighted by Crippen LogP contribution is 2.27. The summed E-state index contributed by atoms with van der Waals surface area (Å²) in [7, 11) is -3.51. The predicted octanol–water partition coefficient (Wildman–Crippen LogP) is 1.26. The van der Waals surface area contributed by atoms with Crippen molar-refractivity contribution in [2.24, 2.45) is 5.73 Å². The van der Waals surface area contributed by atoms with Gasteiger partial charge in [-0.2, -0.15) is 17.9 Å². The van der Waals surface area contributed by atoms with Crippen molar-refractivity contribution in [3.05, 3.63) is 0 Å². The van der Waals surface area contributed by atoms with Crippen molar-refractivity contribution in [3.63, 3.8) is 0 Å². The Kier molecular flexibility index (Phi) is 5.17. The molecule has 0 spiro atoms. The Morgan fingerprint density at radius 3 is 2.00 bits per heavy atom. The zero-order chi connectivity index (χ0) is 13.9. The molecule has 1 fully saturated rings. The van der Waals surface area contributed by atoms with Crippen LogP contribution in [0.15, 0.2) is 0 Å². The van der Waals surface area contributed by atoms with E-state index in [0.717, 1.165) is 38.5 Å². The second-order valence-corrected chi connectivity index (χ2v) is 7.77. The molecule has 0 aromatic carbocycles. The van der Waals surface area contributed by atoms with Gasteiger partial charge in [-0.1, -0.05) is 25.7 Å². The largest absolute Gasteiger partial charge is 0.329 e. The summed E-state index contributed by atoms with van der Waals surface area (Å²) in [6.07, 6.45) is 6.06. The van der Waals surface area contributed by atoms with Crippen LogP contribution < -0.4 is 15.2 Å². The molecule has 0 aliphatic heterocycles. The van der Waals surface area contributed by atoms with Gasteiger partial charge in [0.25, 0.3) is 10.2 Å². The fourth-order valence-electron chi connectivity index (χ4n) is 2.47. The molecule has 0 unspecified atom stereocenters. The molecular weight excluding hydrogens is 250 g/mol. The third kappa shape index (κ3) is 5.22. The first-order valence-electron chi connectivity index (χ1n) is 6.71. The molecule has 0 heterocycles. The van der Waals surface area contributed by atoms with Crippen LogP contribution in [0, 0.1) is 0 Å². The lowest BCUT2D eigenvalue weighted by Gasteiger charge is -2.33. The molecule has 6 heteroatoms. The second kappa shape index (κ2) is 5.86. The molecule has 0 aromatic rings. The molecule has 1 rings (SSSR count). The molecule has 0 radical (unpaired) electrons. The Hall–Kier alpha value is -0.170. The number of nitrogens with two attached hydrogens (primary N) is 1. The van der Waals surface area contributed by atoms with Crippen LogP contribution in [0.25, 0.3) is 0 Å². The smallest absolute Gasteiger partial charge is 0.277 e. The minimum atomic E-state index is -3.51. The summed E-state index contributed by atoms with van der Waals surface area (Å²) >= 11 is 0. The van der Waals surface area contributed by atoms with Crippen LogP contribution in [0.5, 0.6) is 0 Å². The fraction of sp³-hybridized carbons (Fsp3) is 1.00. The molecule has 0 bridgehead atoms. The molecule has 4 N–H and O–H groups in total. The van der Waals surface area contributed by atoms with Crippen LogP contribution in [-0.2, 0) is 10.2 Å². The third-order valence-corrected chi connectivity index (χ3v) is 4.83. The lowest BCUT2D eigenvalue weighted by atomic mass is 9.92. The van der Waals surface area contributed by atoms with Crippen LogP contribution in [0.1, 0.15) is 59.3 Å². The maximum Gasteiger partial charge on any atom is 0.277 e. The highest BCUT2D eigenvalue weighted by molar-refractivity contribution is 7.87.